The van der Waals surface area contributed by atoms with Crippen molar-refractivity contribution < 1.29 is 0 Å². The van der Waals surface area contributed by atoms with E-state index in [1.165, 1.54) is 41.8 Å². The molecule has 0 atom stereocenters. The number of aryl methyl sites for hydroxylation is 2. The molecule has 28 heteroatoms. The van der Waals surface area contributed by atoms with Gasteiger partial charge in [0, 0.05) is 44.3 Å². The van der Waals surface area contributed by atoms with Crippen LogP contribution in [0, 0.1) is 0 Å². The number of nitrogens with two attached hydrogens (primary N) is 2. The number of H-pyrrole nitrogens is 2. The van der Waals surface area contributed by atoms with Crippen LogP contribution in [0.5, 0.6) is 0 Å². The van der Waals surface area contributed by atoms with Crippen LogP contribution in [0.3, 0.4) is 0 Å². The SMILES string of the molecule is CCNc1c(Cl)ncnc1Cl.CCNc1c(N)ncnc1Cl.CCn1c(=O)[nH]c2ncnc(Cl)c21.CCn1c(=O)[nH]c2ncnc(N3CCC(CC)(c4ccc(Cl)cc4)CC3)c21.Nc1c(Cl)ncnc1Cl. The zero-order valence-electron chi connectivity index (χ0n) is 39.0. The van der Waals surface area contributed by atoms with E-state index in [0.717, 1.165) is 61.8 Å². The van der Waals surface area contributed by atoms with E-state index in [0.29, 0.717) is 67.7 Å². The molecule has 9 rings (SSSR count). The van der Waals surface area contributed by atoms with Crippen molar-refractivity contribution in [1.29, 1.82) is 0 Å². The number of aromatic amines is 2. The van der Waals surface area contributed by atoms with Gasteiger partial charge < -0.3 is 27.0 Å². The second kappa shape index (κ2) is 26.6. The molecule has 0 aliphatic carbocycles. The summed E-state index contributed by atoms with van der Waals surface area (Å²) in [5, 5.41) is 8.43. The minimum atomic E-state index is -0.208. The predicted octanol–water partition coefficient (Wildman–Crippen LogP) is 9.26. The van der Waals surface area contributed by atoms with Gasteiger partial charge in [0.1, 0.15) is 59.7 Å². The van der Waals surface area contributed by atoms with Crippen molar-refractivity contribution in [2.45, 2.75) is 72.4 Å². The summed E-state index contributed by atoms with van der Waals surface area (Å²) < 4.78 is 3.21. The summed E-state index contributed by atoms with van der Waals surface area (Å²) >= 11 is 39.9. The predicted molar refractivity (Wildman–Crippen MR) is 286 cm³/mol. The first-order chi connectivity index (χ1) is 34.0. The first-order valence-corrected chi connectivity index (χ1v) is 24.5. The van der Waals surface area contributed by atoms with E-state index in [4.69, 9.17) is 92.7 Å². The molecule has 8 heterocycles. The number of hydrogen-bond acceptors (Lipinski definition) is 17. The fourth-order valence-corrected chi connectivity index (χ4v) is 8.64. The summed E-state index contributed by atoms with van der Waals surface area (Å²) in [5.74, 6) is 1.23. The van der Waals surface area contributed by atoms with Gasteiger partial charge in [-0.1, -0.05) is 100 Å². The highest BCUT2D eigenvalue weighted by atomic mass is 35.5. The molecule has 1 fully saturated rings. The molecule has 1 aromatic carbocycles. The highest BCUT2D eigenvalue weighted by molar-refractivity contribution is 6.38. The Morgan fingerprint density at radius 3 is 1.49 bits per heavy atom. The molecular formula is C43H50Cl7N19O2. The lowest BCUT2D eigenvalue weighted by Crippen LogP contribution is -2.43. The average molecular weight is 1110 g/mol. The standard InChI is InChI=1S/C20H24ClN5O.C7H7ClN4O.C6H7Cl2N3.C6H9ClN4.C4H3Cl2N3/c1-3-20(14-5-7-15(21)8-6-14)9-11-25(12-10-20)18-16-17(22-13-23-18)24-19(27)26(16)4-2;1-2-12-4-5(8)9-3-10-6(4)11-7(12)13;2*1-2-9-4-5(7)10-3-11-6(4)8;5-3-2(7)4(6)9-1-8-3/h5-8,13H,3-4,9-12H2,1-2H3,(H,22,23,24,27);3H,2H2,1H3,(H,9,10,11,13);3,9H,2H2,1H3;3,9H,2H2,1H3,(H2,8,10,11);1H,7H2. The van der Waals surface area contributed by atoms with E-state index in [-0.39, 0.29) is 32.8 Å². The number of nitrogen functional groups attached to an aromatic ring is 2. The lowest BCUT2D eigenvalue weighted by atomic mass is 9.71. The van der Waals surface area contributed by atoms with E-state index in [9.17, 15) is 9.59 Å². The van der Waals surface area contributed by atoms with Crippen LogP contribution in [0.1, 0.15) is 59.4 Å². The summed E-state index contributed by atoms with van der Waals surface area (Å²) in [4.78, 5) is 69.9. The molecule has 1 aliphatic rings. The Balaban J connectivity index is 0.000000179. The molecule has 21 nitrogen and oxygen atoms in total. The molecule has 0 saturated carbocycles. The Morgan fingerprint density at radius 1 is 0.563 bits per heavy atom. The van der Waals surface area contributed by atoms with Gasteiger partial charge in [-0.05, 0) is 70.1 Å². The van der Waals surface area contributed by atoms with Crippen LogP contribution < -0.4 is 38.4 Å². The van der Waals surface area contributed by atoms with Crippen molar-refractivity contribution >= 4 is 132 Å². The number of halogens is 7. The molecule has 8 aromatic rings. The quantitative estimate of drug-likeness (QED) is 0.0734. The number of imidazole rings is 2. The molecule has 0 bridgehead atoms. The molecule has 7 aromatic heterocycles. The maximum absolute atomic E-state index is 12.2. The van der Waals surface area contributed by atoms with Crippen LogP contribution in [-0.2, 0) is 18.5 Å². The minimum Gasteiger partial charge on any atom is -0.394 e. The smallest absolute Gasteiger partial charge is 0.327 e. The highest BCUT2D eigenvalue weighted by Crippen LogP contribution is 2.40. The lowest BCUT2D eigenvalue weighted by Gasteiger charge is -2.42. The summed E-state index contributed by atoms with van der Waals surface area (Å²) in [6, 6.07) is 8.28. The fraction of sp³-hybridized carbons (Fsp3) is 0.349. The topological polar surface area (TPSA) is 284 Å². The van der Waals surface area contributed by atoms with Gasteiger partial charge in [0.15, 0.2) is 53.8 Å². The van der Waals surface area contributed by atoms with Gasteiger partial charge in [0.25, 0.3) is 0 Å². The summed E-state index contributed by atoms with van der Waals surface area (Å²) in [5.41, 5.74) is 15.9. The van der Waals surface area contributed by atoms with Gasteiger partial charge in [-0.15, -0.1) is 0 Å². The lowest BCUT2D eigenvalue weighted by molar-refractivity contribution is 0.319. The van der Waals surface area contributed by atoms with Gasteiger partial charge in [0.2, 0.25) is 0 Å². The highest BCUT2D eigenvalue weighted by Gasteiger charge is 2.36. The first kappa shape index (κ1) is 56.1. The zero-order chi connectivity index (χ0) is 51.8. The van der Waals surface area contributed by atoms with E-state index < -0.39 is 0 Å². The Hall–Kier alpha value is -5.81. The summed E-state index contributed by atoms with van der Waals surface area (Å²) in [7, 11) is 0. The Kier molecular flexibility index (Phi) is 21.0. The Labute approximate surface area is 442 Å². The van der Waals surface area contributed by atoms with E-state index >= 15 is 0 Å². The van der Waals surface area contributed by atoms with Crippen LogP contribution in [0.15, 0.2) is 65.5 Å². The molecule has 1 saturated heterocycles. The van der Waals surface area contributed by atoms with Crippen molar-refractivity contribution in [2.75, 3.05) is 53.2 Å². The van der Waals surface area contributed by atoms with Crippen molar-refractivity contribution in [3.05, 3.63) is 118 Å². The zero-order valence-corrected chi connectivity index (χ0v) is 44.3. The van der Waals surface area contributed by atoms with Gasteiger partial charge >= 0.3 is 11.4 Å². The average Bonchev–Trinajstić information content (AvgIpc) is 3.89. The van der Waals surface area contributed by atoms with Gasteiger partial charge in [-0.25, -0.2) is 59.4 Å². The second-order valence-electron chi connectivity index (χ2n) is 14.9. The molecule has 71 heavy (non-hydrogen) atoms. The molecule has 0 radical (unpaired) electrons. The molecule has 378 valence electrons. The Bertz CT molecular complexity index is 3010. The first-order valence-electron chi connectivity index (χ1n) is 21.9. The van der Waals surface area contributed by atoms with Gasteiger partial charge in [0.05, 0.1) is 0 Å². The second-order valence-corrected chi connectivity index (χ2v) is 17.5. The number of hydrogen-bond donors (Lipinski definition) is 6. The van der Waals surface area contributed by atoms with Crippen molar-refractivity contribution in [2.24, 2.45) is 0 Å². The third-order valence-corrected chi connectivity index (χ3v) is 12.9. The summed E-state index contributed by atoms with van der Waals surface area (Å²) in [6.07, 6.45) is 9.93. The van der Waals surface area contributed by atoms with Crippen LogP contribution in [0.2, 0.25) is 35.9 Å². The minimum absolute atomic E-state index is 0.129. The number of benzene rings is 1. The number of nitrogens with zero attached hydrogens (tertiary/aromatic N) is 13. The number of piperidine rings is 1. The fourth-order valence-electron chi connectivity index (χ4n) is 7.31. The van der Waals surface area contributed by atoms with Crippen molar-refractivity contribution in [1.82, 2.24) is 68.9 Å². The third-order valence-electron chi connectivity index (χ3n) is 10.9. The third kappa shape index (κ3) is 14.0. The van der Waals surface area contributed by atoms with Crippen LogP contribution in [-0.4, -0.2) is 95.1 Å². The maximum atomic E-state index is 12.2. The number of anilines is 5. The van der Waals surface area contributed by atoms with Crippen molar-refractivity contribution in [3.8, 4) is 0 Å². The van der Waals surface area contributed by atoms with Gasteiger partial charge in [-0.2, -0.15) is 0 Å². The van der Waals surface area contributed by atoms with Crippen LogP contribution in [0.4, 0.5) is 28.7 Å². The summed E-state index contributed by atoms with van der Waals surface area (Å²) in [6.45, 7) is 14.4. The molecule has 0 spiro atoms. The largest absolute Gasteiger partial charge is 0.394 e. The normalized spacial score (nSPS) is 12.6. The molecule has 0 unspecified atom stereocenters. The Morgan fingerprint density at radius 2 is 1.00 bits per heavy atom. The molecule has 1 aliphatic heterocycles. The molecule has 8 N–H and O–H groups in total. The van der Waals surface area contributed by atoms with Gasteiger partial charge in [-0.3, -0.25) is 19.1 Å². The molecule has 0 amide bonds. The van der Waals surface area contributed by atoms with Crippen LogP contribution in [0.25, 0.3) is 22.3 Å². The van der Waals surface area contributed by atoms with E-state index in [1.807, 2.05) is 39.8 Å². The van der Waals surface area contributed by atoms with E-state index in [1.54, 1.807) is 4.57 Å². The number of fused-ring (bicyclic) bond motifs is 2. The maximum Gasteiger partial charge on any atom is 0.327 e. The number of rotatable bonds is 9. The number of nitrogens with one attached hydrogen (secondary N) is 4. The van der Waals surface area contributed by atoms with E-state index in [2.05, 4.69) is 94.4 Å². The van der Waals surface area contributed by atoms with Crippen molar-refractivity contribution in [3.63, 3.8) is 0 Å². The molecular weight excluding hydrogens is 1060 g/mol. The number of aromatic nitrogens is 14. The monoisotopic (exact) mass is 1110 g/mol. The van der Waals surface area contributed by atoms with Crippen LogP contribution >= 0.6 is 81.2 Å².